The number of nitrogens with one attached hydrogen (secondary N) is 2. The molecule has 0 saturated carbocycles. The number of hydrogen-bond acceptors (Lipinski definition) is 5. The molecule has 2 N–H and O–H groups in total. The first kappa shape index (κ1) is 16.5. The van der Waals surface area contributed by atoms with Gasteiger partial charge >= 0.3 is 0 Å². The molecule has 4 rings (SSSR count). The van der Waals surface area contributed by atoms with E-state index in [0.29, 0.717) is 30.0 Å². The summed E-state index contributed by atoms with van der Waals surface area (Å²) in [6.07, 6.45) is 4.52. The van der Waals surface area contributed by atoms with Crippen molar-refractivity contribution < 1.29 is 9.53 Å². The monoisotopic (exact) mass is 357 g/mol. The Morgan fingerprint density at radius 2 is 2.16 bits per heavy atom. The lowest BCUT2D eigenvalue weighted by molar-refractivity contribution is 0.0923. The number of aromatic nitrogens is 1. The van der Waals surface area contributed by atoms with Crippen molar-refractivity contribution in [1.82, 2.24) is 15.6 Å². The first-order chi connectivity index (χ1) is 12.2. The summed E-state index contributed by atoms with van der Waals surface area (Å²) in [5.74, 6) is 0.685. The number of carbonyl (C=O) groups excluding carboxylic acids is 1. The van der Waals surface area contributed by atoms with Gasteiger partial charge in [0.25, 0.3) is 5.91 Å². The topological polar surface area (TPSA) is 63.2 Å². The van der Waals surface area contributed by atoms with Crippen molar-refractivity contribution in [3.8, 4) is 5.75 Å². The first-order valence-corrected chi connectivity index (χ1v) is 9.74. The van der Waals surface area contributed by atoms with Crippen molar-refractivity contribution in [1.29, 1.82) is 0 Å². The van der Waals surface area contributed by atoms with Crippen molar-refractivity contribution in [3.05, 3.63) is 45.9 Å². The van der Waals surface area contributed by atoms with Crippen LogP contribution in [0.3, 0.4) is 0 Å². The van der Waals surface area contributed by atoms with Gasteiger partial charge in [-0.1, -0.05) is 6.07 Å². The summed E-state index contributed by atoms with van der Waals surface area (Å²) in [7, 11) is 0. The second-order valence-corrected chi connectivity index (χ2v) is 8.02. The minimum Gasteiger partial charge on any atom is -0.487 e. The highest BCUT2D eigenvalue weighted by molar-refractivity contribution is 7.09. The third-order valence-corrected chi connectivity index (χ3v) is 5.78. The first-order valence-electron chi connectivity index (χ1n) is 8.86. The Kier molecular flexibility index (Phi) is 4.72. The third-order valence-electron chi connectivity index (χ3n) is 4.96. The molecule has 25 heavy (non-hydrogen) atoms. The van der Waals surface area contributed by atoms with Crippen LogP contribution < -0.4 is 15.4 Å². The fourth-order valence-electron chi connectivity index (χ4n) is 3.80. The molecule has 3 heterocycles. The average molecular weight is 357 g/mol. The van der Waals surface area contributed by atoms with Crippen molar-refractivity contribution >= 4 is 17.2 Å². The Bertz CT molecular complexity index is 749. The van der Waals surface area contributed by atoms with E-state index in [0.717, 1.165) is 23.5 Å². The van der Waals surface area contributed by atoms with E-state index in [2.05, 4.69) is 15.6 Å². The van der Waals surface area contributed by atoms with Gasteiger partial charge in [-0.15, -0.1) is 11.3 Å². The Labute approximate surface area is 151 Å². The van der Waals surface area contributed by atoms with Crippen LogP contribution in [0.25, 0.3) is 0 Å². The van der Waals surface area contributed by atoms with Gasteiger partial charge in [0, 0.05) is 29.1 Å². The molecule has 2 saturated heterocycles. The maximum absolute atomic E-state index is 12.6. The smallest absolute Gasteiger partial charge is 0.251 e. The number of thiazole rings is 1. The van der Waals surface area contributed by atoms with Gasteiger partial charge in [-0.3, -0.25) is 4.79 Å². The van der Waals surface area contributed by atoms with Gasteiger partial charge in [-0.2, -0.15) is 0 Å². The number of amides is 1. The van der Waals surface area contributed by atoms with E-state index in [1.165, 1.54) is 12.8 Å². The zero-order valence-electron chi connectivity index (χ0n) is 14.3. The van der Waals surface area contributed by atoms with Gasteiger partial charge in [0.1, 0.15) is 12.4 Å². The fourth-order valence-corrected chi connectivity index (χ4v) is 4.40. The normalized spacial score (nSPS) is 24.9. The van der Waals surface area contributed by atoms with Crippen LogP contribution in [0, 0.1) is 6.92 Å². The van der Waals surface area contributed by atoms with Gasteiger partial charge in [0.15, 0.2) is 0 Å². The predicted molar refractivity (Wildman–Crippen MR) is 98.1 cm³/mol. The molecule has 2 aromatic rings. The van der Waals surface area contributed by atoms with E-state index in [9.17, 15) is 4.79 Å². The Balaban J connectivity index is 1.36. The SMILES string of the molecule is Cc1nc(COc2cccc(C(=O)NC3CC4CCC(C3)N4)c2)cs1. The van der Waals surface area contributed by atoms with Gasteiger partial charge < -0.3 is 15.4 Å². The number of rotatable bonds is 5. The van der Waals surface area contributed by atoms with Crippen molar-refractivity contribution in [2.24, 2.45) is 0 Å². The summed E-state index contributed by atoms with van der Waals surface area (Å²) in [6, 6.07) is 8.80. The number of carbonyl (C=O) groups is 1. The van der Waals surface area contributed by atoms with E-state index < -0.39 is 0 Å². The highest BCUT2D eigenvalue weighted by Crippen LogP contribution is 2.27. The summed E-state index contributed by atoms with van der Waals surface area (Å²) >= 11 is 1.61. The molecule has 2 fully saturated rings. The summed E-state index contributed by atoms with van der Waals surface area (Å²) in [4.78, 5) is 17.0. The van der Waals surface area contributed by atoms with Crippen molar-refractivity contribution in [2.75, 3.05) is 0 Å². The van der Waals surface area contributed by atoms with E-state index in [-0.39, 0.29) is 11.9 Å². The van der Waals surface area contributed by atoms with E-state index in [1.807, 2.05) is 36.6 Å². The molecular formula is C19H23N3O2S. The van der Waals surface area contributed by atoms with Crippen LogP contribution in [0.4, 0.5) is 0 Å². The summed E-state index contributed by atoms with van der Waals surface area (Å²) in [6.45, 7) is 2.40. The number of benzene rings is 1. The van der Waals surface area contributed by atoms with E-state index in [1.54, 1.807) is 11.3 Å². The van der Waals surface area contributed by atoms with E-state index in [4.69, 9.17) is 4.74 Å². The number of hydrogen-bond donors (Lipinski definition) is 2. The van der Waals surface area contributed by atoms with Crippen LogP contribution in [0.2, 0.25) is 0 Å². The second-order valence-electron chi connectivity index (χ2n) is 6.95. The molecule has 5 nitrogen and oxygen atoms in total. The maximum Gasteiger partial charge on any atom is 0.251 e. The summed E-state index contributed by atoms with van der Waals surface area (Å²) in [5.41, 5.74) is 1.57. The number of ether oxygens (including phenoxy) is 1. The van der Waals surface area contributed by atoms with Crippen LogP contribution in [0.5, 0.6) is 5.75 Å². The zero-order valence-corrected chi connectivity index (χ0v) is 15.1. The molecule has 2 aliphatic heterocycles. The molecule has 0 spiro atoms. The van der Waals surface area contributed by atoms with Crippen LogP contribution >= 0.6 is 11.3 Å². The molecule has 132 valence electrons. The maximum atomic E-state index is 12.6. The molecule has 0 aliphatic carbocycles. The van der Waals surface area contributed by atoms with Crippen molar-refractivity contribution in [3.63, 3.8) is 0 Å². The molecule has 1 aromatic carbocycles. The Hall–Kier alpha value is -1.92. The lowest BCUT2D eigenvalue weighted by Crippen LogP contribution is -2.48. The van der Waals surface area contributed by atoms with Gasteiger partial charge in [-0.25, -0.2) is 4.98 Å². The molecule has 2 unspecified atom stereocenters. The van der Waals surface area contributed by atoms with Crippen molar-refractivity contribution in [2.45, 2.75) is 57.3 Å². The predicted octanol–water partition coefficient (Wildman–Crippen LogP) is 3.04. The van der Waals surface area contributed by atoms with Gasteiger partial charge in [0.2, 0.25) is 0 Å². The standard InChI is InChI=1S/C19H23N3O2S/c1-12-20-17(11-25-12)10-24-18-4-2-3-13(7-18)19(23)22-16-8-14-5-6-15(9-16)21-14/h2-4,7,11,14-16,21H,5-6,8-10H2,1H3,(H,22,23). The zero-order chi connectivity index (χ0) is 17.2. The lowest BCUT2D eigenvalue weighted by Gasteiger charge is -2.29. The minimum absolute atomic E-state index is 0.0127. The minimum atomic E-state index is -0.0127. The van der Waals surface area contributed by atoms with Crippen LogP contribution in [-0.4, -0.2) is 29.0 Å². The third kappa shape index (κ3) is 4.02. The highest BCUT2D eigenvalue weighted by Gasteiger charge is 2.34. The van der Waals surface area contributed by atoms with Gasteiger partial charge in [-0.05, 0) is 50.8 Å². The fraction of sp³-hybridized carbons (Fsp3) is 0.474. The second kappa shape index (κ2) is 7.14. The molecule has 2 aliphatic rings. The molecule has 6 heteroatoms. The largest absolute Gasteiger partial charge is 0.487 e. The average Bonchev–Trinajstić information content (AvgIpc) is 3.18. The number of nitrogens with zero attached hydrogens (tertiary/aromatic N) is 1. The summed E-state index contributed by atoms with van der Waals surface area (Å²) in [5, 5.41) is 9.82. The van der Waals surface area contributed by atoms with Crippen LogP contribution in [0.15, 0.2) is 29.6 Å². The lowest BCUT2D eigenvalue weighted by atomic mass is 9.99. The number of fused-ring (bicyclic) bond motifs is 2. The molecule has 1 amide bonds. The Morgan fingerprint density at radius 1 is 1.36 bits per heavy atom. The molecule has 0 radical (unpaired) electrons. The van der Waals surface area contributed by atoms with Gasteiger partial charge in [0.05, 0.1) is 10.7 Å². The van der Waals surface area contributed by atoms with Crippen LogP contribution in [0.1, 0.15) is 46.7 Å². The molecule has 2 atom stereocenters. The van der Waals surface area contributed by atoms with Crippen LogP contribution in [-0.2, 0) is 6.61 Å². The number of piperidine rings is 1. The Morgan fingerprint density at radius 3 is 2.88 bits per heavy atom. The van der Waals surface area contributed by atoms with E-state index >= 15 is 0 Å². The molecule has 2 bridgehead atoms. The summed E-state index contributed by atoms with van der Waals surface area (Å²) < 4.78 is 5.78. The molecule has 1 aromatic heterocycles. The molecular weight excluding hydrogens is 334 g/mol. The highest BCUT2D eigenvalue weighted by atomic mass is 32.1. The quantitative estimate of drug-likeness (QED) is 0.863. The number of aryl methyl sites for hydroxylation is 1.